The molecule has 0 aromatic heterocycles. The second kappa shape index (κ2) is 9.25. The molecule has 0 heterocycles. The number of ether oxygens (including phenoxy) is 1. The van der Waals surface area contributed by atoms with Gasteiger partial charge in [-0.1, -0.05) is 35.9 Å². The SMILES string of the molecule is CNC(=O)[C@@H](C)N(Cc1cccc(Cl)c1)C(=O)COc1cccc(C)c1. The average molecular weight is 375 g/mol. The number of halogens is 1. The first kappa shape index (κ1) is 19.8. The highest BCUT2D eigenvalue weighted by Gasteiger charge is 2.25. The highest BCUT2D eigenvalue weighted by Crippen LogP contribution is 2.16. The fraction of sp³-hybridized carbons (Fsp3) is 0.300. The Morgan fingerprint density at radius 3 is 2.58 bits per heavy atom. The Morgan fingerprint density at radius 2 is 1.92 bits per heavy atom. The molecule has 0 spiro atoms. The minimum atomic E-state index is -0.632. The molecule has 2 rings (SSSR count). The lowest BCUT2D eigenvalue weighted by Gasteiger charge is -2.28. The number of hydrogen-bond acceptors (Lipinski definition) is 3. The van der Waals surface area contributed by atoms with Crippen molar-refractivity contribution in [3.63, 3.8) is 0 Å². The second-order valence-electron chi connectivity index (χ2n) is 6.05. The third-order valence-electron chi connectivity index (χ3n) is 4.01. The van der Waals surface area contributed by atoms with E-state index in [-0.39, 0.29) is 25.0 Å². The molecule has 5 nitrogen and oxygen atoms in total. The van der Waals surface area contributed by atoms with E-state index >= 15 is 0 Å². The van der Waals surface area contributed by atoms with Crippen molar-refractivity contribution in [2.24, 2.45) is 0 Å². The molecule has 2 aromatic carbocycles. The van der Waals surface area contributed by atoms with Gasteiger partial charge in [-0.15, -0.1) is 0 Å². The van der Waals surface area contributed by atoms with E-state index in [0.717, 1.165) is 11.1 Å². The van der Waals surface area contributed by atoms with Gasteiger partial charge in [-0.05, 0) is 49.2 Å². The van der Waals surface area contributed by atoms with Crippen LogP contribution < -0.4 is 10.1 Å². The third kappa shape index (κ3) is 5.49. The van der Waals surface area contributed by atoms with Crippen molar-refractivity contribution in [2.45, 2.75) is 26.4 Å². The lowest BCUT2D eigenvalue weighted by molar-refractivity contribution is -0.142. The fourth-order valence-electron chi connectivity index (χ4n) is 2.56. The number of likely N-dealkylation sites (N-methyl/N-ethyl adjacent to an activating group) is 1. The van der Waals surface area contributed by atoms with Crippen molar-refractivity contribution >= 4 is 23.4 Å². The van der Waals surface area contributed by atoms with Gasteiger partial charge < -0.3 is 15.0 Å². The summed E-state index contributed by atoms with van der Waals surface area (Å²) in [6.45, 7) is 3.76. The summed E-state index contributed by atoms with van der Waals surface area (Å²) >= 11 is 6.03. The largest absolute Gasteiger partial charge is 0.484 e. The first-order valence-electron chi connectivity index (χ1n) is 8.35. The van der Waals surface area contributed by atoms with Crippen molar-refractivity contribution in [3.8, 4) is 5.75 Å². The first-order valence-corrected chi connectivity index (χ1v) is 8.73. The quantitative estimate of drug-likeness (QED) is 0.809. The molecule has 1 N–H and O–H groups in total. The van der Waals surface area contributed by atoms with Crippen molar-refractivity contribution in [1.29, 1.82) is 0 Å². The Bertz CT molecular complexity index is 779. The Kier molecular flexibility index (Phi) is 7.04. The Labute approximate surface area is 158 Å². The first-order chi connectivity index (χ1) is 12.4. The molecule has 0 unspecified atom stereocenters. The van der Waals surface area contributed by atoms with Crippen molar-refractivity contribution in [1.82, 2.24) is 10.2 Å². The number of rotatable bonds is 7. The van der Waals surface area contributed by atoms with E-state index in [1.165, 1.54) is 4.90 Å². The maximum Gasteiger partial charge on any atom is 0.261 e. The van der Waals surface area contributed by atoms with Crippen LogP contribution in [0.25, 0.3) is 0 Å². The van der Waals surface area contributed by atoms with E-state index in [1.54, 1.807) is 32.2 Å². The van der Waals surface area contributed by atoms with Crippen molar-refractivity contribution in [2.75, 3.05) is 13.7 Å². The van der Waals surface area contributed by atoms with Crippen LogP contribution in [0.5, 0.6) is 5.75 Å². The van der Waals surface area contributed by atoms with Gasteiger partial charge >= 0.3 is 0 Å². The molecule has 0 saturated heterocycles. The highest BCUT2D eigenvalue weighted by molar-refractivity contribution is 6.30. The smallest absolute Gasteiger partial charge is 0.261 e. The lowest BCUT2D eigenvalue weighted by atomic mass is 10.1. The number of amides is 2. The van der Waals surface area contributed by atoms with Crippen molar-refractivity contribution in [3.05, 3.63) is 64.7 Å². The minimum Gasteiger partial charge on any atom is -0.484 e. The van der Waals surface area contributed by atoms with Gasteiger partial charge in [0.2, 0.25) is 5.91 Å². The summed E-state index contributed by atoms with van der Waals surface area (Å²) in [5, 5.41) is 3.16. The maximum absolute atomic E-state index is 12.7. The van der Waals surface area contributed by atoms with Crippen LogP contribution in [0.4, 0.5) is 0 Å². The summed E-state index contributed by atoms with van der Waals surface area (Å²) in [7, 11) is 1.55. The lowest BCUT2D eigenvalue weighted by Crippen LogP contribution is -2.48. The summed E-state index contributed by atoms with van der Waals surface area (Å²) in [5.74, 6) is 0.104. The predicted octanol–water partition coefficient (Wildman–Crippen LogP) is 3.19. The van der Waals surface area contributed by atoms with Gasteiger partial charge in [-0.3, -0.25) is 9.59 Å². The van der Waals surface area contributed by atoms with Gasteiger partial charge in [0.1, 0.15) is 11.8 Å². The van der Waals surface area contributed by atoms with Gasteiger partial charge in [0.15, 0.2) is 6.61 Å². The summed E-state index contributed by atoms with van der Waals surface area (Å²) in [4.78, 5) is 26.3. The summed E-state index contributed by atoms with van der Waals surface area (Å²) < 4.78 is 5.61. The molecule has 0 bridgehead atoms. The third-order valence-corrected chi connectivity index (χ3v) is 4.24. The van der Waals surface area contributed by atoms with Crippen LogP contribution in [-0.4, -0.2) is 36.4 Å². The van der Waals surface area contributed by atoms with E-state index in [1.807, 2.05) is 37.3 Å². The van der Waals surface area contributed by atoms with Crippen LogP contribution in [0.1, 0.15) is 18.1 Å². The topological polar surface area (TPSA) is 58.6 Å². The summed E-state index contributed by atoms with van der Waals surface area (Å²) in [5.41, 5.74) is 1.89. The van der Waals surface area contributed by atoms with Gasteiger partial charge in [0.05, 0.1) is 0 Å². The van der Waals surface area contributed by atoms with E-state index in [0.29, 0.717) is 10.8 Å². The molecule has 26 heavy (non-hydrogen) atoms. The molecule has 0 aliphatic rings. The Balaban J connectivity index is 2.13. The number of nitrogens with zero attached hydrogens (tertiary/aromatic N) is 1. The highest BCUT2D eigenvalue weighted by atomic mass is 35.5. The molecule has 0 fully saturated rings. The zero-order valence-electron chi connectivity index (χ0n) is 15.2. The molecule has 0 radical (unpaired) electrons. The number of carbonyl (C=O) groups is 2. The standard InChI is InChI=1S/C20H23ClN2O3/c1-14-6-4-9-18(10-14)26-13-19(24)23(15(2)20(25)22-3)12-16-7-5-8-17(21)11-16/h4-11,15H,12-13H2,1-3H3,(H,22,25)/t15-/m1/s1. The van der Waals surface area contributed by atoms with Gasteiger partial charge in [-0.2, -0.15) is 0 Å². The van der Waals surface area contributed by atoms with Crippen LogP contribution in [0.2, 0.25) is 5.02 Å². The monoisotopic (exact) mass is 374 g/mol. The number of aryl methyl sites for hydroxylation is 1. The molecular formula is C20H23ClN2O3. The van der Waals surface area contributed by atoms with Crippen LogP contribution in [0.15, 0.2) is 48.5 Å². The van der Waals surface area contributed by atoms with Crippen LogP contribution >= 0.6 is 11.6 Å². The summed E-state index contributed by atoms with van der Waals surface area (Å²) in [6.07, 6.45) is 0. The zero-order chi connectivity index (χ0) is 19.1. The van der Waals surface area contributed by atoms with Crippen LogP contribution in [-0.2, 0) is 16.1 Å². The van der Waals surface area contributed by atoms with E-state index in [4.69, 9.17) is 16.3 Å². The number of benzene rings is 2. The molecule has 138 valence electrons. The predicted molar refractivity (Wildman–Crippen MR) is 102 cm³/mol. The number of carbonyl (C=O) groups excluding carboxylic acids is 2. The molecule has 0 saturated carbocycles. The number of nitrogens with one attached hydrogen (secondary N) is 1. The normalized spacial score (nSPS) is 11.5. The average Bonchev–Trinajstić information content (AvgIpc) is 2.63. The zero-order valence-corrected chi connectivity index (χ0v) is 15.9. The molecule has 6 heteroatoms. The molecular weight excluding hydrogens is 352 g/mol. The molecule has 0 aliphatic heterocycles. The molecule has 1 atom stereocenters. The Hall–Kier alpha value is -2.53. The van der Waals surface area contributed by atoms with E-state index in [2.05, 4.69) is 5.32 Å². The van der Waals surface area contributed by atoms with Crippen LogP contribution in [0, 0.1) is 6.92 Å². The van der Waals surface area contributed by atoms with Crippen LogP contribution in [0.3, 0.4) is 0 Å². The van der Waals surface area contributed by atoms with Gasteiger partial charge in [0.25, 0.3) is 5.91 Å². The fourth-order valence-corrected chi connectivity index (χ4v) is 2.77. The maximum atomic E-state index is 12.7. The van der Waals surface area contributed by atoms with Crippen molar-refractivity contribution < 1.29 is 14.3 Å². The molecule has 0 aliphatic carbocycles. The number of hydrogen-bond donors (Lipinski definition) is 1. The summed E-state index contributed by atoms with van der Waals surface area (Å²) in [6, 6.07) is 14.1. The van der Waals surface area contributed by atoms with E-state index in [9.17, 15) is 9.59 Å². The van der Waals surface area contributed by atoms with Gasteiger partial charge in [-0.25, -0.2) is 0 Å². The molecule has 2 amide bonds. The van der Waals surface area contributed by atoms with E-state index < -0.39 is 6.04 Å². The second-order valence-corrected chi connectivity index (χ2v) is 6.48. The van der Waals surface area contributed by atoms with Gasteiger partial charge in [0, 0.05) is 18.6 Å². The Morgan fingerprint density at radius 1 is 1.19 bits per heavy atom. The molecule has 2 aromatic rings. The minimum absolute atomic E-state index is 0.147.